The summed E-state index contributed by atoms with van der Waals surface area (Å²) >= 11 is -12.0. The first-order valence-electron chi connectivity index (χ1n) is 1.33. The molecule has 0 atom stereocenters. The molecule has 0 N–H and O–H groups in total. The van der Waals surface area contributed by atoms with E-state index in [1.807, 2.05) is 0 Å². The molecule has 0 unspecified atom stereocenters. The van der Waals surface area contributed by atoms with Crippen molar-refractivity contribution < 1.29 is 91.7 Å². The van der Waals surface area contributed by atoms with E-state index in [-0.39, 0.29) is 55.8 Å². The zero-order valence-corrected chi connectivity index (χ0v) is 15.0. The van der Waals surface area contributed by atoms with Crippen molar-refractivity contribution in [3.63, 3.8) is 0 Å². The van der Waals surface area contributed by atoms with Crippen LogP contribution in [0, 0.1) is 0 Å². The van der Waals surface area contributed by atoms with E-state index in [4.69, 9.17) is 28.6 Å². The molecule has 0 saturated heterocycles. The SMILES string of the molecule is [Bi+3].[Na+].[O]=[Mo](=[O])([O-])[O-].[O]=[Mo](=[O])([O-])[O-]. The summed E-state index contributed by atoms with van der Waals surface area (Å²) in [5.41, 5.74) is 0. The standard InChI is InChI=1S/Bi.2Mo.Na.8O/q+3;;;+1;;;;;4*-1. The van der Waals surface area contributed by atoms with Crippen LogP contribution in [0.3, 0.4) is 0 Å². The van der Waals surface area contributed by atoms with Crippen LogP contribution in [0.4, 0.5) is 0 Å². The Morgan fingerprint density at radius 1 is 0.667 bits per heavy atom. The number of hydrogen-bond acceptors (Lipinski definition) is 8. The summed E-state index contributed by atoms with van der Waals surface area (Å²) in [7, 11) is 0. The molecule has 0 amide bonds. The Kier molecular flexibility index (Phi) is 19.6. The average molecular weight is 552 g/mol. The first-order chi connectivity index (χ1) is 4.00. The molecule has 0 aromatic heterocycles. The number of rotatable bonds is 0. The van der Waals surface area contributed by atoms with Gasteiger partial charge in [-0.1, -0.05) is 0 Å². The Hall–Kier alpha value is 2.30. The maximum atomic E-state index is 8.63. The Morgan fingerprint density at radius 2 is 0.667 bits per heavy atom. The molecule has 0 bridgehead atoms. The molecule has 12 heavy (non-hydrogen) atoms. The van der Waals surface area contributed by atoms with Crippen LogP contribution in [0.1, 0.15) is 0 Å². The minimum atomic E-state index is -6.02. The van der Waals surface area contributed by atoms with Crippen molar-refractivity contribution in [2.24, 2.45) is 0 Å². The zero-order chi connectivity index (χ0) is 9.00. The van der Waals surface area contributed by atoms with Gasteiger partial charge in [-0.3, -0.25) is 0 Å². The topological polar surface area (TPSA) is 161 Å². The fraction of sp³-hybridized carbons (Fsp3) is 0. The van der Waals surface area contributed by atoms with Gasteiger partial charge in [0.2, 0.25) is 0 Å². The van der Waals surface area contributed by atoms with Crippen molar-refractivity contribution in [2.45, 2.75) is 0 Å². The van der Waals surface area contributed by atoms with Gasteiger partial charge in [-0.2, -0.15) is 0 Å². The van der Waals surface area contributed by atoms with Gasteiger partial charge in [0.25, 0.3) is 0 Å². The number of hydrogen-bond donors (Lipinski definition) is 0. The van der Waals surface area contributed by atoms with E-state index in [0.717, 1.165) is 0 Å². The molecule has 0 aromatic carbocycles. The van der Waals surface area contributed by atoms with E-state index in [0.29, 0.717) is 0 Å². The van der Waals surface area contributed by atoms with E-state index in [9.17, 15) is 0 Å². The third kappa shape index (κ3) is 297. The monoisotopic (exact) mass is 556 g/mol. The molecule has 0 aromatic rings. The van der Waals surface area contributed by atoms with Gasteiger partial charge in [0.05, 0.1) is 0 Å². The van der Waals surface area contributed by atoms with Crippen LogP contribution in [0.5, 0.6) is 0 Å². The fourth-order valence-corrected chi connectivity index (χ4v) is 0. The molecule has 0 aliphatic carbocycles. The second-order valence-electron chi connectivity index (χ2n) is 0.816. The van der Waals surface area contributed by atoms with Gasteiger partial charge in [0, 0.05) is 0 Å². The van der Waals surface area contributed by atoms with E-state index in [2.05, 4.69) is 0 Å². The first-order valence-corrected chi connectivity index (χ1v) is 7.89. The molecule has 66 valence electrons. The van der Waals surface area contributed by atoms with Crippen LogP contribution in [0.2, 0.25) is 0 Å². The van der Waals surface area contributed by atoms with Crippen molar-refractivity contribution in [3.8, 4) is 0 Å². The molecule has 0 rings (SSSR count). The Morgan fingerprint density at radius 3 is 0.667 bits per heavy atom. The van der Waals surface area contributed by atoms with Crippen LogP contribution in [-0.4, -0.2) is 26.2 Å². The molecule has 0 saturated carbocycles. The fourth-order valence-electron chi connectivity index (χ4n) is 0. The van der Waals surface area contributed by atoms with E-state index in [1.54, 1.807) is 0 Å². The van der Waals surface area contributed by atoms with Crippen molar-refractivity contribution in [3.05, 3.63) is 0 Å². The summed E-state index contributed by atoms with van der Waals surface area (Å²) in [5, 5.41) is 0. The molecule has 0 aliphatic heterocycles. The van der Waals surface area contributed by atoms with E-state index < -0.39 is 33.5 Å². The third-order valence-electron chi connectivity index (χ3n) is 0. The van der Waals surface area contributed by atoms with Gasteiger partial charge in [-0.05, 0) is 0 Å². The van der Waals surface area contributed by atoms with Gasteiger partial charge in [-0.15, -0.1) is 0 Å². The summed E-state index contributed by atoms with van der Waals surface area (Å²) in [4.78, 5) is 0. The Bertz CT molecular complexity index is 213. The molecule has 0 aliphatic rings. The second-order valence-corrected chi connectivity index (χ2v) is 4.83. The Labute approximate surface area is 116 Å². The van der Waals surface area contributed by atoms with Crippen LogP contribution in [0.25, 0.3) is 0 Å². The molecule has 0 fully saturated rings. The summed E-state index contributed by atoms with van der Waals surface area (Å²) in [5.74, 6) is 0. The normalized spacial score (nSPS) is 9.67. The molecule has 0 spiro atoms. The van der Waals surface area contributed by atoms with Gasteiger partial charge in [0.1, 0.15) is 0 Å². The van der Waals surface area contributed by atoms with Crippen molar-refractivity contribution in [1.82, 2.24) is 0 Å². The molecular weight excluding hydrogens is 552 g/mol. The molecule has 12 heteroatoms. The summed E-state index contributed by atoms with van der Waals surface area (Å²) in [6.45, 7) is 0. The zero-order valence-electron chi connectivity index (χ0n) is 5.53. The molecule has 0 heterocycles. The van der Waals surface area contributed by atoms with E-state index >= 15 is 0 Å². The van der Waals surface area contributed by atoms with Gasteiger partial charge >= 0.3 is 118 Å². The summed E-state index contributed by atoms with van der Waals surface area (Å²) in [6, 6.07) is 0. The predicted octanol–water partition coefficient (Wildman–Crippen LogP) is -8.61. The Balaban J connectivity index is -0.0000000457. The summed E-state index contributed by atoms with van der Waals surface area (Å²) < 4.78 is 69.0. The average Bonchev–Trinajstić information content (AvgIpc) is 1.12. The second kappa shape index (κ2) is 9.84. The van der Waals surface area contributed by atoms with E-state index in [1.165, 1.54) is 0 Å². The van der Waals surface area contributed by atoms with Crippen molar-refractivity contribution >= 4 is 26.2 Å². The van der Waals surface area contributed by atoms with Gasteiger partial charge < -0.3 is 0 Å². The predicted molar refractivity (Wildman–Crippen MR) is 8.50 cm³/mol. The van der Waals surface area contributed by atoms with Crippen LogP contribution >= 0.6 is 0 Å². The van der Waals surface area contributed by atoms with Crippen LogP contribution in [-0.2, 0) is 47.1 Å². The first kappa shape index (κ1) is 23.8. The molecular formula is BiMo2NaO8. The van der Waals surface area contributed by atoms with Crippen molar-refractivity contribution in [1.29, 1.82) is 0 Å². The quantitative estimate of drug-likeness (QED) is 0.268. The van der Waals surface area contributed by atoms with Crippen LogP contribution < -0.4 is 44.6 Å². The minimum absolute atomic E-state index is 0. The third-order valence-corrected chi connectivity index (χ3v) is 0. The maximum absolute atomic E-state index is 8.63. The molecule has 2 radical (unpaired) electrons. The summed E-state index contributed by atoms with van der Waals surface area (Å²) in [6.07, 6.45) is 0. The van der Waals surface area contributed by atoms with Gasteiger partial charge in [-0.25, -0.2) is 0 Å². The molecule has 8 nitrogen and oxygen atoms in total. The van der Waals surface area contributed by atoms with Gasteiger partial charge in [0.15, 0.2) is 0 Å². The van der Waals surface area contributed by atoms with Crippen LogP contribution in [0.15, 0.2) is 0 Å². The van der Waals surface area contributed by atoms with Crippen molar-refractivity contribution in [2.75, 3.05) is 0 Å².